The largest absolute Gasteiger partial charge is 0.508 e. The molecule has 1 aliphatic rings. The van der Waals surface area contributed by atoms with E-state index in [1.54, 1.807) is 19.2 Å². The van der Waals surface area contributed by atoms with E-state index in [0.717, 1.165) is 40.9 Å². The van der Waals surface area contributed by atoms with Gasteiger partial charge in [-0.2, -0.15) is 0 Å². The van der Waals surface area contributed by atoms with Gasteiger partial charge >= 0.3 is 0 Å². The minimum Gasteiger partial charge on any atom is -0.508 e. The van der Waals surface area contributed by atoms with Gasteiger partial charge in [0.1, 0.15) is 11.5 Å². The molecule has 1 N–H and O–H groups in total. The first kappa shape index (κ1) is 16.5. The molecule has 26 heavy (non-hydrogen) atoms. The number of likely N-dealkylation sites (tertiary alicyclic amines) is 1. The number of nitrogens with zero attached hydrogens (tertiary/aromatic N) is 2. The topological polar surface area (TPSA) is 54.7 Å². The van der Waals surface area contributed by atoms with Crippen molar-refractivity contribution in [2.24, 2.45) is 7.05 Å². The first-order valence-corrected chi connectivity index (χ1v) is 8.74. The number of methoxy groups -OCH3 is 1. The zero-order valence-corrected chi connectivity index (χ0v) is 15.2. The second kappa shape index (κ2) is 6.09. The predicted octanol–water partition coefficient (Wildman–Crippen LogP) is 3.79. The molecule has 1 atom stereocenters. The second-order valence-corrected chi connectivity index (χ2v) is 6.80. The number of carbonyl (C=O) groups is 1. The maximum absolute atomic E-state index is 13.3. The summed E-state index contributed by atoms with van der Waals surface area (Å²) in [5.74, 6) is 0.982. The van der Waals surface area contributed by atoms with E-state index in [4.69, 9.17) is 4.74 Å². The lowest BCUT2D eigenvalue weighted by atomic mass is 9.93. The Morgan fingerprint density at radius 1 is 1.23 bits per heavy atom. The second-order valence-electron chi connectivity index (χ2n) is 6.80. The van der Waals surface area contributed by atoms with Crippen LogP contribution in [0.5, 0.6) is 11.5 Å². The van der Waals surface area contributed by atoms with Gasteiger partial charge in [0.15, 0.2) is 0 Å². The Kier molecular flexibility index (Phi) is 3.87. The Labute approximate surface area is 152 Å². The fourth-order valence-electron chi connectivity index (χ4n) is 3.80. The van der Waals surface area contributed by atoms with Crippen LogP contribution in [-0.2, 0) is 7.05 Å². The average Bonchev–Trinajstić information content (AvgIpc) is 2.84. The van der Waals surface area contributed by atoms with Crippen LogP contribution in [0.3, 0.4) is 0 Å². The van der Waals surface area contributed by atoms with Gasteiger partial charge in [0.25, 0.3) is 5.91 Å². The lowest BCUT2D eigenvalue weighted by Crippen LogP contribution is -2.45. The van der Waals surface area contributed by atoms with Crippen molar-refractivity contribution in [2.75, 3.05) is 13.7 Å². The van der Waals surface area contributed by atoms with E-state index < -0.39 is 0 Å². The summed E-state index contributed by atoms with van der Waals surface area (Å²) in [5, 5.41) is 10.7. The molecule has 1 unspecified atom stereocenters. The SMILES string of the molecule is COc1cccc(C2CCN2C(=O)c2c(C)n(C)c3ccc(O)cc23)c1. The lowest BCUT2D eigenvalue weighted by molar-refractivity contribution is 0.0461. The molecule has 2 heterocycles. The summed E-state index contributed by atoms with van der Waals surface area (Å²) in [4.78, 5) is 15.2. The standard InChI is InChI=1S/C21H22N2O3/c1-13-20(17-12-15(24)7-8-19(17)22(13)2)21(25)23-10-9-18(23)14-5-4-6-16(11-14)26-3/h4-8,11-12,18,24H,9-10H2,1-3H3. The zero-order valence-electron chi connectivity index (χ0n) is 15.2. The van der Waals surface area contributed by atoms with Crippen LogP contribution in [0.2, 0.25) is 0 Å². The number of benzene rings is 2. The smallest absolute Gasteiger partial charge is 0.256 e. The molecule has 0 bridgehead atoms. The number of hydrogen-bond donors (Lipinski definition) is 1. The van der Waals surface area contributed by atoms with Crippen LogP contribution in [0.4, 0.5) is 0 Å². The number of aromatic nitrogens is 1. The van der Waals surface area contributed by atoms with E-state index in [2.05, 4.69) is 0 Å². The van der Waals surface area contributed by atoms with Crippen molar-refractivity contribution in [1.29, 1.82) is 0 Å². The number of aryl methyl sites for hydroxylation is 1. The maximum atomic E-state index is 13.3. The van der Waals surface area contributed by atoms with E-state index in [-0.39, 0.29) is 17.7 Å². The van der Waals surface area contributed by atoms with Gasteiger partial charge in [-0.25, -0.2) is 0 Å². The van der Waals surface area contributed by atoms with Gasteiger partial charge in [0.2, 0.25) is 0 Å². The minimum atomic E-state index is 0.0118. The number of phenols is 1. The van der Waals surface area contributed by atoms with Crippen LogP contribution in [0.1, 0.15) is 34.1 Å². The van der Waals surface area contributed by atoms with E-state index in [1.165, 1.54) is 0 Å². The van der Waals surface area contributed by atoms with Crippen molar-refractivity contribution in [2.45, 2.75) is 19.4 Å². The quantitative estimate of drug-likeness (QED) is 0.782. The molecule has 4 rings (SSSR count). The highest BCUT2D eigenvalue weighted by atomic mass is 16.5. The van der Waals surface area contributed by atoms with E-state index in [0.29, 0.717) is 5.56 Å². The highest BCUT2D eigenvalue weighted by Crippen LogP contribution is 2.38. The molecule has 0 saturated carbocycles. The van der Waals surface area contributed by atoms with Crippen molar-refractivity contribution in [3.05, 3.63) is 59.3 Å². The van der Waals surface area contributed by atoms with Crippen LogP contribution in [0, 0.1) is 6.92 Å². The van der Waals surface area contributed by atoms with Gasteiger partial charge in [-0.15, -0.1) is 0 Å². The first-order chi connectivity index (χ1) is 12.5. The van der Waals surface area contributed by atoms with Crippen molar-refractivity contribution in [3.63, 3.8) is 0 Å². The van der Waals surface area contributed by atoms with Gasteiger partial charge in [-0.1, -0.05) is 12.1 Å². The summed E-state index contributed by atoms with van der Waals surface area (Å²) in [5.41, 5.74) is 3.62. The average molecular weight is 350 g/mol. The molecule has 5 nitrogen and oxygen atoms in total. The summed E-state index contributed by atoms with van der Waals surface area (Å²) in [6.45, 7) is 2.68. The highest BCUT2D eigenvalue weighted by Gasteiger charge is 2.36. The summed E-state index contributed by atoms with van der Waals surface area (Å²) in [7, 11) is 3.59. The number of carbonyl (C=O) groups excluding carboxylic acids is 1. The lowest BCUT2D eigenvalue weighted by Gasteiger charge is -2.41. The summed E-state index contributed by atoms with van der Waals surface area (Å²) < 4.78 is 7.32. The van der Waals surface area contributed by atoms with Gasteiger partial charge in [0, 0.05) is 30.2 Å². The number of ether oxygens (including phenoxy) is 1. The Balaban J connectivity index is 1.73. The Morgan fingerprint density at radius 3 is 2.73 bits per heavy atom. The molecule has 3 aromatic rings. The molecule has 2 aromatic carbocycles. The highest BCUT2D eigenvalue weighted by molar-refractivity contribution is 6.09. The number of hydrogen-bond acceptors (Lipinski definition) is 3. The minimum absolute atomic E-state index is 0.0118. The molecule has 1 saturated heterocycles. The third-order valence-electron chi connectivity index (χ3n) is 5.45. The van der Waals surface area contributed by atoms with Crippen molar-refractivity contribution < 1.29 is 14.6 Å². The van der Waals surface area contributed by atoms with Gasteiger partial charge in [-0.3, -0.25) is 4.79 Å². The zero-order chi connectivity index (χ0) is 18.4. The molecule has 0 spiro atoms. The summed E-state index contributed by atoms with van der Waals surface area (Å²) in [6, 6.07) is 13.1. The van der Waals surface area contributed by atoms with Crippen LogP contribution in [0.15, 0.2) is 42.5 Å². The number of fused-ring (bicyclic) bond motifs is 1. The molecule has 5 heteroatoms. The fraction of sp³-hybridized carbons (Fsp3) is 0.286. The molecule has 1 amide bonds. The van der Waals surface area contributed by atoms with Crippen molar-refractivity contribution >= 4 is 16.8 Å². The Morgan fingerprint density at radius 2 is 2.04 bits per heavy atom. The molecule has 1 fully saturated rings. The molecular weight excluding hydrogens is 328 g/mol. The molecule has 1 aliphatic heterocycles. The maximum Gasteiger partial charge on any atom is 0.256 e. The van der Waals surface area contributed by atoms with Crippen LogP contribution < -0.4 is 4.74 Å². The third-order valence-corrected chi connectivity index (χ3v) is 5.45. The molecule has 0 radical (unpaired) electrons. The van der Waals surface area contributed by atoms with Crippen LogP contribution in [0.25, 0.3) is 10.9 Å². The third kappa shape index (κ3) is 2.43. The molecule has 0 aliphatic carbocycles. The predicted molar refractivity (Wildman–Crippen MR) is 101 cm³/mol. The van der Waals surface area contributed by atoms with Crippen LogP contribution >= 0.6 is 0 Å². The molecular formula is C21H22N2O3. The van der Waals surface area contributed by atoms with E-state index in [9.17, 15) is 9.90 Å². The summed E-state index contributed by atoms with van der Waals surface area (Å²) >= 11 is 0. The van der Waals surface area contributed by atoms with Gasteiger partial charge in [-0.05, 0) is 49.2 Å². The number of phenolic OH excluding ortho intramolecular Hbond substituents is 1. The van der Waals surface area contributed by atoms with Crippen molar-refractivity contribution in [1.82, 2.24) is 9.47 Å². The van der Waals surface area contributed by atoms with Crippen LogP contribution in [-0.4, -0.2) is 34.1 Å². The van der Waals surface area contributed by atoms with Crippen molar-refractivity contribution in [3.8, 4) is 11.5 Å². The number of amides is 1. The van der Waals surface area contributed by atoms with Gasteiger partial charge in [0.05, 0.1) is 18.7 Å². The Hall–Kier alpha value is -2.95. The first-order valence-electron chi connectivity index (χ1n) is 8.74. The van der Waals surface area contributed by atoms with E-state index in [1.807, 2.05) is 53.8 Å². The monoisotopic (exact) mass is 350 g/mol. The number of aromatic hydroxyl groups is 1. The van der Waals surface area contributed by atoms with Gasteiger partial charge < -0.3 is 19.3 Å². The molecule has 1 aromatic heterocycles. The van der Waals surface area contributed by atoms with E-state index >= 15 is 0 Å². The molecule has 134 valence electrons. The normalized spacial score (nSPS) is 16.6. The number of rotatable bonds is 3. The fourth-order valence-corrected chi connectivity index (χ4v) is 3.80. The Bertz CT molecular complexity index is 1010. The summed E-state index contributed by atoms with van der Waals surface area (Å²) in [6.07, 6.45) is 0.938.